The van der Waals surface area contributed by atoms with Gasteiger partial charge in [-0.15, -0.1) is 23.8 Å². The van der Waals surface area contributed by atoms with Gasteiger partial charge in [0.2, 0.25) is 0 Å². The minimum absolute atomic E-state index is 0. The quantitative estimate of drug-likeness (QED) is 0.176. The van der Waals surface area contributed by atoms with Crippen molar-refractivity contribution in [3.05, 3.63) is 138 Å². The van der Waals surface area contributed by atoms with Crippen LogP contribution in [0.3, 0.4) is 0 Å². The maximum atomic E-state index is 11.8. The summed E-state index contributed by atoms with van der Waals surface area (Å²) in [5, 5.41) is 11.8. The van der Waals surface area contributed by atoms with Gasteiger partial charge in [-0.3, -0.25) is 4.98 Å². The van der Waals surface area contributed by atoms with Crippen LogP contribution in [0.2, 0.25) is 0 Å². The summed E-state index contributed by atoms with van der Waals surface area (Å²) in [6, 6.07) is 41.8. The summed E-state index contributed by atoms with van der Waals surface area (Å²) in [7, 11) is 2.03. The molecule has 5 heteroatoms. The minimum atomic E-state index is -0.247. The third-order valence-corrected chi connectivity index (χ3v) is 9.67. The van der Waals surface area contributed by atoms with Gasteiger partial charge in [0.25, 0.3) is 0 Å². The molecule has 0 bridgehead atoms. The van der Waals surface area contributed by atoms with Crippen LogP contribution in [-0.4, -0.2) is 19.6 Å². The first-order chi connectivity index (χ1) is 23.8. The van der Waals surface area contributed by atoms with Gasteiger partial charge in [0.1, 0.15) is 11.6 Å². The van der Waals surface area contributed by atoms with Crippen LogP contribution in [-0.2, 0) is 38.9 Å². The Labute approximate surface area is 316 Å². The summed E-state index contributed by atoms with van der Waals surface area (Å²) in [6.07, 6.45) is 1.95. The number of imidazole rings is 1. The van der Waals surface area contributed by atoms with Gasteiger partial charge >= 0.3 is 0 Å². The summed E-state index contributed by atoms with van der Waals surface area (Å²) in [5.74, 6) is 1.01. The van der Waals surface area contributed by atoms with E-state index in [1.165, 1.54) is 0 Å². The smallest absolute Gasteiger partial charge is 0.143 e. The standard InChI is InChI=1S/C46H44N3O.Pt/c1-29-28-47-40(27-37(29)31-18-13-10-14-19-31)34-23-32(30-16-11-9-12-17-30)22-33(24-34)36-20-15-21-41-42(36)48-44(49(41)8)38-25-35(45(2,3)4)26-39(43(38)50)46(5,6)7;/h9-23,25-28,50H,1-8H3;/q-1;. The summed E-state index contributed by atoms with van der Waals surface area (Å²) >= 11 is 0. The molecule has 5 aromatic carbocycles. The first-order valence-corrected chi connectivity index (χ1v) is 17.3. The maximum Gasteiger partial charge on any atom is 0.143 e. The molecular weight excluding hydrogens is 806 g/mol. The second kappa shape index (κ2) is 13.7. The summed E-state index contributed by atoms with van der Waals surface area (Å²) < 4.78 is 2.10. The second-order valence-electron chi connectivity index (χ2n) is 15.4. The molecule has 1 N–H and O–H groups in total. The van der Waals surface area contributed by atoms with Crippen LogP contribution in [0.5, 0.6) is 5.75 Å². The number of aromatic hydroxyl groups is 1. The number of rotatable bonds is 5. The largest absolute Gasteiger partial charge is 0.507 e. The van der Waals surface area contributed by atoms with E-state index in [1.807, 2.05) is 25.4 Å². The van der Waals surface area contributed by atoms with Gasteiger partial charge in [-0.25, -0.2) is 4.98 Å². The fraction of sp³-hybridized carbons (Fsp3) is 0.217. The SMILES string of the molecule is Cc1cnc(-c2[c-]c(-c3cccc4c3nc(-c3cc(C(C)(C)C)cc(C(C)(C)C)c3O)n4C)cc(-c3ccccc3)c2)cc1-c1ccccc1.[Pt]. The molecule has 51 heavy (non-hydrogen) atoms. The van der Waals surface area contributed by atoms with E-state index < -0.39 is 0 Å². The van der Waals surface area contributed by atoms with Gasteiger partial charge in [-0.05, 0) is 57.7 Å². The Bertz CT molecular complexity index is 2360. The normalized spacial score (nSPS) is 11.8. The van der Waals surface area contributed by atoms with Crippen molar-refractivity contribution in [2.75, 3.05) is 0 Å². The molecule has 0 fully saturated rings. The molecule has 0 saturated carbocycles. The molecule has 2 aromatic heterocycles. The van der Waals surface area contributed by atoms with Crippen LogP contribution in [0.25, 0.3) is 67.1 Å². The molecule has 2 heterocycles. The predicted molar refractivity (Wildman–Crippen MR) is 208 cm³/mol. The number of pyridine rings is 1. The van der Waals surface area contributed by atoms with Crippen LogP contribution in [0, 0.1) is 13.0 Å². The Balaban J connectivity index is 0.00000448. The van der Waals surface area contributed by atoms with E-state index in [9.17, 15) is 5.11 Å². The first kappa shape index (κ1) is 36.0. The molecule has 0 aliphatic heterocycles. The molecule has 0 saturated heterocycles. The molecule has 7 aromatic rings. The number of fused-ring (bicyclic) bond motifs is 1. The summed E-state index contributed by atoms with van der Waals surface area (Å²) in [5.41, 5.74) is 13.6. The van der Waals surface area contributed by atoms with Crippen LogP contribution >= 0.6 is 0 Å². The third-order valence-electron chi connectivity index (χ3n) is 9.67. The third kappa shape index (κ3) is 6.95. The van der Waals surface area contributed by atoms with Crippen molar-refractivity contribution in [1.29, 1.82) is 0 Å². The number of hydrogen-bond acceptors (Lipinski definition) is 3. The Morgan fingerprint density at radius 1 is 0.647 bits per heavy atom. The monoisotopic (exact) mass is 849 g/mol. The molecule has 0 unspecified atom stereocenters. The van der Waals surface area contributed by atoms with E-state index in [4.69, 9.17) is 9.97 Å². The molecule has 0 atom stereocenters. The fourth-order valence-corrected chi connectivity index (χ4v) is 6.73. The Hall–Kier alpha value is -4.79. The minimum Gasteiger partial charge on any atom is -0.507 e. The molecule has 260 valence electrons. The van der Waals surface area contributed by atoms with Crippen LogP contribution in [0.4, 0.5) is 0 Å². The van der Waals surface area contributed by atoms with Crippen molar-refractivity contribution in [3.63, 3.8) is 0 Å². The Morgan fingerprint density at radius 2 is 1.29 bits per heavy atom. The average molecular weight is 850 g/mol. The molecule has 0 radical (unpaired) electrons. The number of hydrogen-bond donors (Lipinski definition) is 1. The zero-order chi connectivity index (χ0) is 35.4. The van der Waals surface area contributed by atoms with Crippen LogP contribution in [0.15, 0.2) is 115 Å². The summed E-state index contributed by atoms with van der Waals surface area (Å²) in [4.78, 5) is 10.2. The van der Waals surface area contributed by atoms with Crippen molar-refractivity contribution >= 4 is 11.0 Å². The number of aromatic nitrogens is 3. The molecule has 0 aliphatic rings. The van der Waals surface area contributed by atoms with Crippen molar-refractivity contribution in [3.8, 4) is 61.8 Å². The predicted octanol–water partition coefficient (Wildman–Crippen LogP) is 11.7. The Morgan fingerprint density at radius 3 is 1.94 bits per heavy atom. The summed E-state index contributed by atoms with van der Waals surface area (Å²) in [6.45, 7) is 15.2. The first-order valence-electron chi connectivity index (χ1n) is 17.3. The van der Waals surface area contributed by atoms with Gasteiger partial charge in [-0.1, -0.05) is 143 Å². The number of benzene rings is 5. The number of para-hydroxylation sites is 1. The molecule has 7 rings (SSSR count). The van der Waals surface area contributed by atoms with E-state index in [2.05, 4.69) is 156 Å². The van der Waals surface area contributed by atoms with E-state index in [0.717, 1.165) is 83.7 Å². The van der Waals surface area contributed by atoms with E-state index in [1.54, 1.807) is 0 Å². The molecule has 0 spiro atoms. The topological polar surface area (TPSA) is 50.9 Å². The second-order valence-corrected chi connectivity index (χ2v) is 15.4. The van der Waals surface area contributed by atoms with Crippen molar-refractivity contribution in [2.45, 2.75) is 59.3 Å². The van der Waals surface area contributed by atoms with Gasteiger partial charge in [-0.2, -0.15) is 0 Å². The molecule has 0 amide bonds. The van der Waals surface area contributed by atoms with Crippen molar-refractivity contribution in [2.24, 2.45) is 7.05 Å². The van der Waals surface area contributed by atoms with Gasteiger partial charge in [0.05, 0.1) is 16.6 Å². The van der Waals surface area contributed by atoms with E-state index >= 15 is 0 Å². The maximum absolute atomic E-state index is 11.8. The number of aryl methyl sites for hydroxylation is 2. The van der Waals surface area contributed by atoms with Gasteiger partial charge in [0.15, 0.2) is 0 Å². The molecule has 4 nitrogen and oxygen atoms in total. The van der Waals surface area contributed by atoms with E-state index in [0.29, 0.717) is 0 Å². The average Bonchev–Trinajstić information content (AvgIpc) is 3.44. The Kier molecular flexibility index (Phi) is 9.70. The zero-order valence-electron chi connectivity index (χ0n) is 30.6. The van der Waals surface area contributed by atoms with Crippen molar-refractivity contribution in [1.82, 2.24) is 14.5 Å². The fourth-order valence-electron chi connectivity index (χ4n) is 6.73. The van der Waals surface area contributed by atoms with Gasteiger partial charge < -0.3 is 9.67 Å². The van der Waals surface area contributed by atoms with Crippen LogP contribution in [0.1, 0.15) is 58.2 Å². The van der Waals surface area contributed by atoms with Crippen LogP contribution < -0.4 is 0 Å². The number of phenols is 1. The zero-order valence-corrected chi connectivity index (χ0v) is 32.8. The molecular formula is C46H44N3OPt-. The number of phenolic OH excluding ortho intramolecular Hbond substituents is 1. The molecule has 0 aliphatic carbocycles. The van der Waals surface area contributed by atoms with Crippen molar-refractivity contribution < 1.29 is 26.2 Å². The van der Waals surface area contributed by atoms with Gasteiger partial charge in [0, 0.05) is 45.6 Å². The van der Waals surface area contributed by atoms with E-state index in [-0.39, 0.29) is 37.6 Å². The number of nitrogens with zero attached hydrogens (tertiary/aromatic N) is 3.